The van der Waals surface area contributed by atoms with Crippen LogP contribution in [-0.2, 0) is 17.8 Å². The molecular weight excluding hydrogens is 511 g/mol. The number of aliphatic hydroxyl groups is 2. The van der Waals surface area contributed by atoms with Crippen molar-refractivity contribution in [3.63, 3.8) is 0 Å². The van der Waals surface area contributed by atoms with Gasteiger partial charge in [-0.1, -0.05) is 68.5 Å². The zero-order valence-electron chi connectivity index (χ0n) is 23.4. The first kappa shape index (κ1) is 29.3. The van der Waals surface area contributed by atoms with Crippen molar-refractivity contribution in [2.45, 2.75) is 77.3 Å². The van der Waals surface area contributed by atoms with Gasteiger partial charge in [0.25, 0.3) is 0 Å². The smallest absolute Gasteiger partial charge is 0.305 e. The Labute approximate surface area is 234 Å². The maximum Gasteiger partial charge on any atom is 0.305 e. The van der Waals surface area contributed by atoms with E-state index in [4.69, 9.17) is 14.6 Å². The Balaban J connectivity index is 1.91. The minimum atomic E-state index is -1.18. The number of aliphatic hydroxyl groups excluding tert-OH is 2. The highest BCUT2D eigenvalue weighted by atomic mass is 19.1. The predicted molar refractivity (Wildman–Crippen MR) is 153 cm³/mol. The van der Waals surface area contributed by atoms with Gasteiger partial charge in [-0.05, 0) is 54.2 Å². The Kier molecular flexibility index (Phi) is 8.96. The molecule has 212 valence electrons. The first-order valence-corrected chi connectivity index (χ1v) is 13.6. The molecule has 7 heteroatoms. The summed E-state index contributed by atoms with van der Waals surface area (Å²) in [6.07, 6.45) is 1.18. The number of aliphatic carboxylic acids is 1. The van der Waals surface area contributed by atoms with Gasteiger partial charge >= 0.3 is 5.97 Å². The van der Waals surface area contributed by atoms with Crippen LogP contribution in [0.3, 0.4) is 0 Å². The third-order valence-corrected chi connectivity index (χ3v) is 6.92. The molecule has 6 nitrogen and oxygen atoms in total. The molecular formula is C33H37FO6. The summed E-state index contributed by atoms with van der Waals surface area (Å²) in [5.74, 6) is -0.217. The second-order valence-corrected chi connectivity index (χ2v) is 11.2. The summed E-state index contributed by atoms with van der Waals surface area (Å²) in [7, 11) is 0. The van der Waals surface area contributed by atoms with Crippen molar-refractivity contribution in [1.82, 2.24) is 0 Å². The van der Waals surface area contributed by atoms with Crippen molar-refractivity contribution in [2.75, 3.05) is 0 Å². The third-order valence-electron chi connectivity index (χ3n) is 6.92. The van der Waals surface area contributed by atoms with Crippen molar-refractivity contribution in [3.8, 4) is 22.6 Å². The molecule has 4 rings (SSSR count). The van der Waals surface area contributed by atoms with E-state index in [1.54, 1.807) is 24.3 Å². The van der Waals surface area contributed by atoms with Crippen LogP contribution in [0.4, 0.5) is 4.39 Å². The maximum absolute atomic E-state index is 14.0. The lowest BCUT2D eigenvalue weighted by Gasteiger charge is -2.24. The zero-order valence-corrected chi connectivity index (χ0v) is 23.4. The number of carboxylic acids is 1. The Bertz CT molecular complexity index is 1360. The highest BCUT2D eigenvalue weighted by molar-refractivity contribution is 5.87. The summed E-state index contributed by atoms with van der Waals surface area (Å²) < 4.78 is 27.0. The molecule has 3 aromatic rings. The minimum Gasteiger partial charge on any atom is -0.484 e. The number of fused-ring (bicyclic) bond motifs is 1. The quantitative estimate of drug-likeness (QED) is 0.253. The molecule has 1 aliphatic rings. The van der Waals surface area contributed by atoms with Gasteiger partial charge in [0, 0.05) is 24.0 Å². The van der Waals surface area contributed by atoms with E-state index >= 15 is 0 Å². The molecule has 1 aliphatic heterocycles. The summed E-state index contributed by atoms with van der Waals surface area (Å²) in [6, 6.07) is 16.0. The fourth-order valence-electron chi connectivity index (χ4n) is 5.27. The second kappa shape index (κ2) is 12.2. The van der Waals surface area contributed by atoms with Gasteiger partial charge in [0.2, 0.25) is 0 Å². The van der Waals surface area contributed by atoms with E-state index in [-0.39, 0.29) is 18.2 Å². The van der Waals surface area contributed by atoms with Crippen LogP contribution in [0.25, 0.3) is 17.2 Å². The number of hydrogen-bond donors (Lipinski definition) is 3. The first-order chi connectivity index (χ1) is 18.9. The monoisotopic (exact) mass is 548 g/mol. The number of carboxylic acid groups (broad SMARTS) is 1. The van der Waals surface area contributed by atoms with E-state index < -0.39 is 30.2 Å². The largest absolute Gasteiger partial charge is 0.484 e. The summed E-state index contributed by atoms with van der Waals surface area (Å²) in [5.41, 5.74) is 4.80. The molecule has 0 fully saturated rings. The third kappa shape index (κ3) is 6.90. The summed E-state index contributed by atoms with van der Waals surface area (Å²) in [6.45, 7) is 8.52. The van der Waals surface area contributed by atoms with E-state index in [1.807, 2.05) is 44.2 Å². The van der Waals surface area contributed by atoms with Crippen LogP contribution in [0.1, 0.15) is 68.7 Å². The van der Waals surface area contributed by atoms with Crippen LogP contribution in [-0.4, -0.2) is 39.1 Å². The standard InChI is InChI=1S/C33H37FO6/c1-20(2)29-26(15-14-24(35)16-25(36)17-28(37)38)30(22-10-12-23(34)13-11-22)32(31-27(29)18-33(3,4)40-31)39-19-21-8-6-5-7-9-21/h5-15,20,24-25,35-36H,16-19H2,1-4H3,(H,37,38)/b15-14+. The van der Waals surface area contributed by atoms with Gasteiger partial charge in [-0.15, -0.1) is 0 Å². The first-order valence-electron chi connectivity index (χ1n) is 13.6. The fraction of sp³-hybridized carbons (Fsp3) is 0.364. The number of ether oxygens (including phenoxy) is 2. The van der Waals surface area contributed by atoms with Crippen LogP contribution >= 0.6 is 0 Å². The van der Waals surface area contributed by atoms with Crippen molar-refractivity contribution >= 4 is 12.0 Å². The summed E-state index contributed by atoms with van der Waals surface area (Å²) in [4.78, 5) is 11.0. The minimum absolute atomic E-state index is 0.0722. The van der Waals surface area contributed by atoms with Gasteiger partial charge < -0.3 is 24.8 Å². The second-order valence-electron chi connectivity index (χ2n) is 11.2. The number of halogens is 1. The lowest BCUT2D eigenvalue weighted by atomic mass is 9.83. The van der Waals surface area contributed by atoms with E-state index in [9.17, 15) is 19.4 Å². The molecule has 0 saturated carbocycles. The van der Waals surface area contributed by atoms with Crippen LogP contribution < -0.4 is 9.47 Å². The van der Waals surface area contributed by atoms with Crippen molar-refractivity contribution in [3.05, 3.63) is 88.7 Å². The Hall–Kier alpha value is -3.68. The average Bonchev–Trinajstić information content (AvgIpc) is 3.20. The highest BCUT2D eigenvalue weighted by Gasteiger charge is 2.38. The van der Waals surface area contributed by atoms with Crippen LogP contribution in [0.15, 0.2) is 60.7 Å². The van der Waals surface area contributed by atoms with Crippen LogP contribution in [0, 0.1) is 5.82 Å². The highest BCUT2D eigenvalue weighted by Crippen LogP contribution is 2.53. The van der Waals surface area contributed by atoms with Crippen molar-refractivity contribution in [1.29, 1.82) is 0 Å². The van der Waals surface area contributed by atoms with Gasteiger partial charge in [0.05, 0.1) is 18.6 Å². The van der Waals surface area contributed by atoms with Gasteiger partial charge in [-0.25, -0.2) is 4.39 Å². The molecule has 3 aromatic carbocycles. The molecule has 0 saturated heterocycles. The molecule has 3 N–H and O–H groups in total. The van der Waals surface area contributed by atoms with Crippen LogP contribution in [0.2, 0.25) is 0 Å². The average molecular weight is 549 g/mol. The molecule has 0 aromatic heterocycles. The van der Waals surface area contributed by atoms with E-state index in [2.05, 4.69) is 13.8 Å². The van der Waals surface area contributed by atoms with Gasteiger partial charge in [0.15, 0.2) is 11.5 Å². The molecule has 0 bridgehead atoms. The van der Waals surface area contributed by atoms with E-state index in [0.717, 1.165) is 27.8 Å². The number of benzene rings is 3. The van der Waals surface area contributed by atoms with E-state index in [1.165, 1.54) is 12.1 Å². The summed E-state index contributed by atoms with van der Waals surface area (Å²) >= 11 is 0. The number of carbonyl (C=O) groups is 1. The number of rotatable bonds is 11. The molecule has 2 unspecified atom stereocenters. The van der Waals surface area contributed by atoms with Crippen molar-refractivity contribution < 1.29 is 34.0 Å². The summed E-state index contributed by atoms with van der Waals surface area (Å²) in [5, 5.41) is 29.7. The molecule has 40 heavy (non-hydrogen) atoms. The predicted octanol–water partition coefficient (Wildman–Crippen LogP) is 6.51. The molecule has 0 radical (unpaired) electrons. The Morgan fingerprint density at radius 2 is 1.77 bits per heavy atom. The van der Waals surface area contributed by atoms with Crippen LogP contribution in [0.5, 0.6) is 11.5 Å². The Morgan fingerprint density at radius 1 is 1.10 bits per heavy atom. The lowest BCUT2D eigenvalue weighted by Crippen LogP contribution is -2.25. The van der Waals surface area contributed by atoms with Gasteiger partial charge in [-0.2, -0.15) is 0 Å². The number of hydrogen-bond acceptors (Lipinski definition) is 5. The molecule has 0 amide bonds. The van der Waals surface area contributed by atoms with Gasteiger partial charge in [0.1, 0.15) is 18.0 Å². The van der Waals surface area contributed by atoms with Gasteiger partial charge in [-0.3, -0.25) is 4.79 Å². The zero-order chi connectivity index (χ0) is 29.0. The molecule has 1 heterocycles. The lowest BCUT2D eigenvalue weighted by molar-refractivity contribution is -0.139. The van der Waals surface area contributed by atoms with Crippen molar-refractivity contribution in [2.24, 2.45) is 0 Å². The fourth-order valence-corrected chi connectivity index (χ4v) is 5.27. The topological polar surface area (TPSA) is 96.2 Å². The Morgan fingerprint density at radius 3 is 2.40 bits per heavy atom. The molecule has 2 atom stereocenters. The SMILES string of the molecule is CC(C)c1c(/C=C/C(O)CC(O)CC(=O)O)c(-c2ccc(F)cc2)c(OCc2ccccc2)c2c1CC(C)(C)O2. The van der Waals surface area contributed by atoms with E-state index in [0.29, 0.717) is 30.1 Å². The maximum atomic E-state index is 14.0. The molecule has 0 aliphatic carbocycles. The normalized spacial score (nSPS) is 15.6. The molecule has 0 spiro atoms.